The van der Waals surface area contributed by atoms with Crippen molar-refractivity contribution in [3.05, 3.63) is 29.3 Å². The number of rotatable bonds is 4. The van der Waals surface area contributed by atoms with Crippen LogP contribution >= 0.6 is 11.6 Å². The lowest BCUT2D eigenvalue weighted by Crippen LogP contribution is -2.59. The summed E-state index contributed by atoms with van der Waals surface area (Å²) in [6.45, 7) is 5.87. The van der Waals surface area contributed by atoms with Crippen molar-refractivity contribution in [3.8, 4) is 0 Å². The molecule has 7 nitrogen and oxygen atoms in total. The molecule has 4 rings (SSSR count). The Kier molecular flexibility index (Phi) is 5.73. The molecule has 3 fully saturated rings. The molecule has 29 heavy (non-hydrogen) atoms. The van der Waals surface area contributed by atoms with E-state index >= 15 is 0 Å². The fourth-order valence-electron chi connectivity index (χ4n) is 4.48. The standard InChI is InChI=1S/C21H29ClN4O3/c1-15-19(28)25(10-9-24-8-7-21(5-6-21)18(27)14-24)11-12-26(15)20(29)23-17-4-2-3-16(22)13-17/h2-4,13,15,18,27H,5-12,14H2,1H3,(H,23,29)/t15-,18+/m0/s1. The lowest BCUT2D eigenvalue weighted by Gasteiger charge is -2.41. The van der Waals surface area contributed by atoms with Gasteiger partial charge in [0.1, 0.15) is 6.04 Å². The first-order valence-corrected chi connectivity index (χ1v) is 10.8. The van der Waals surface area contributed by atoms with E-state index in [1.165, 1.54) is 0 Å². The van der Waals surface area contributed by atoms with E-state index in [2.05, 4.69) is 10.2 Å². The molecular weight excluding hydrogens is 392 g/mol. The van der Waals surface area contributed by atoms with Gasteiger partial charge in [-0.3, -0.25) is 9.69 Å². The van der Waals surface area contributed by atoms with E-state index in [4.69, 9.17) is 11.6 Å². The maximum atomic E-state index is 12.8. The van der Waals surface area contributed by atoms with Crippen molar-refractivity contribution in [2.45, 2.75) is 38.3 Å². The van der Waals surface area contributed by atoms with Crippen LogP contribution in [-0.4, -0.2) is 83.2 Å². The zero-order valence-corrected chi connectivity index (χ0v) is 17.6. The Balaban J connectivity index is 1.27. The maximum Gasteiger partial charge on any atom is 0.322 e. The van der Waals surface area contributed by atoms with Crippen LogP contribution in [0.15, 0.2) is 24.3 Å². The van der Waals surface area contributed by atoms with E-state index in [1.54, 1.807) is 36.1 Å². The average molecular weight is 421 g/mol. The molecular formula is C21H29ClN4O3. The smallest absolute Gasteiger partial charge is 0.322 e. The number of piperazine rings is 1. The van der Waals surface area contributed by atoms with E-state index < -0.39 is 6.04 Å². The summed E-state index contributed by atoms with van der Waals surface area (Å²) in [5, 5.41) is 13.7. The fraction of sp³-hybridized carbons (Fsp3) is 0.619. The Hall–Kier alpha value is -1.83. The van der Waals surface area contributed by atoms with Crippen molar-refractivity contribution in [1.82, 2.24) is 14.7 Å². The van der Waals surface area contributed by atoms with E-state index in [1.807, 2.05) is 4.90 Å². The summed E-state index contributed by atoms with van der Waals surface area (Å²) in [7, 11) is 0. The second-order valence-corrected chi connectivity index (χ2v) is 9.00. The van der Waals surface area contributed by atoms with Gasteiger partial charge in [-0.2, -0.15) is 0 Å². The molecule has 2 saturated heterocycles. The van der Waals surface area contributed by atoms with Gasteiger partial charge < -0.3 is 20.2 Å². The zero-order chi connectivity index (χ0) is 20.6. The van der Waals surface area contributed by atoms with E-state index in [9.17, 15) is 14.7 Å². The van der Waals surface area contributed by atoms with Crippen molar-refractivity contribution in [3.63, 3.8) is 0 Å². The molecule has 2 atom stereocenters. The summed E-state index contributed by atoms with van der Waals surface area (Å²) in [6, 6.07) is 6.17. The Morgan fingerprint density at radius 2 is 2.03 bits per heavy atom. The number of nitrogens with one attached hydrogen (secondary N) is 1. The van der Waals surface area contributed by atoms with Crippen molar-refractivity contribution in [2.75, 3.05) is 44.6 Å². The number of aliphatic hydroxyl groups excluding tert-OH is 1. The third-order valence-electron chi connectivity index (χ3n) is 6.73. The van der Waals surface area contributed by atoms with Gasteiger partial charge in [-0.05, 0) is 56.3 Å². The lowest BCUT2D eigenvalue weighted by molar-refractivity contribution is -0.139. The number of aliphatic hydroxyl groups is 1. The van der Waals surface area contributed by atoms with Crippen molar-refractivity contribution < 1.29 is 14.7 Å². The molecule has 3 amide bonds. The molecule has 1 aromatic carbocycles. The SMILES string of the molecule is C[C@H]1C(=O)N(CCN2CCC3(CC3)[C@H](O)C2)CCN1C(=O)Nc1cccc(Cl)c1. The number of amides is 3. The number of carbonyl (C=O) groups is 2. The largest absolute Gasteiger partial charge is 0.391 e. The molecule has 0 unspecified atom stereocenters. The summed E-state index contributed by atoms with van der Waals surface area (Å²) in [5.41, 5.74) is 0.810. The van der Waals surface area contributed by atoms with Crippen molar-refractivity contribution in [2.24, 2.45) is 5.41 Å². The second-order valence-electron chi connectivity index (χ2n) is 8.56. The van der Waals surface area contributed by atoms with Gasteiger partial charge in [-0.25, -0.2) is 4.79 Å². The molecule has 0 bridgehead atoms. The number of urea groups is 1. The second kappa shape index (κ2) is 8.13. The van der Waals surface area contributed by atoms with Crippen molar-refractivity contribution in [1.29, 1.82) is 0 Å². The Morgan fingerprint density at radius 3 is 2.72 bits per heavy atom. The topological polar surface area (TPSA) is 76.1 Å². The zero-order valence-electron chi connectivity index (χ0n) is 16.8. The van der Waals surface area contributed by atoms with Crippen LogP contribution < -0.4 is 5.32 Å². The minimum Gasteiger partial charge on any atom is -0.391 e. The summed E-state index contributed by atoms with van der Waals surface area (Å²) in [5.74, 6) is -0.0336. The number of likely N-dealkylation sites (tertiary alicyclic amines) is 1. The minimum atomic E-state index is -0.510. The highest BCUT2D eigenvalue weighted by atomic mass is 35.5. The molecule has 8 heteroatoms. The van der Waals surface area contributed by atoms with Crippen LogP contribution in [0.2, 0.25) is 5.02 Å². The number of anilines is 1. The summed E-state index contributed by atoms with van der Waals surface area (Å²) in [4.78, 5) is 31.1. The summed E-state index contributed by atoms with van der Waals surface area (Å²) < 4.78 is 0. The fourth-order valence-corrected chi connectivity index (χ4v) is 4.67. The number of nitrogens with zero attached hydrogens (tertiary/aromatic N) is 3. The number of β-amino-alcohol motifs (C(OH)–C–C–N with tert-alkyl or cyclic N) is 1. The van der Waals surface area contributed by atoms with Crippen LogP contribution in [0, 0.1) is 5.41 Å². The minimum absolute atomic E-state index is 0.0336. The number of benzene rings is 1. The highest BCUT2D eigenvalue weighted by Gasteiger charge is 2.51. The van der Waals surface area contributed by atoms with Crippen LogP contribution in [0.5, 0.6) is 0 Å². The number of hydrogen-bond acceptors (Lipinski definition) is 4. The van der Waals surface area contributed by atoms with E-state index in [0.717, 1.165) is 32.4 Å². The summed E-state index contributed by atoms with van der Waals surface area (Å²) in [6.07, 6.45) is 3.11. The highest BCUT2D eigenvalue weighted by molar-refractivity contribution is 6.30. The quantitative estimate of drug-likeness (QED) is 0.783. The van der Waals surface area contributed by atoms with Gasteiger partial charge in [-0.15, -0.1) is 0 Å². The van der Waals surface area contributed by atoms with Crippen LogP contribution in [-0.2, 0) is 4.79 Å². The van der Waals surface area contributed by atoms with Gasteiger partial charge in [0.25, 0.3) is 0 Å². The Labute approximate surface area is 176 Å². The Bertz CT molecular complexity index is 785. The molecule has 0 radical (unpaired) electrons. The molecule has 1 spiro atoms. The number of halogens is 1. The van der Waals surface area contributed by atoms with Crippen LogP contribution in [0.25, 0.3) is 0 Å². The third-order valence-corrected chi connectivity index (χ3v) is 6.96. The first-order chi connectivity index (χ1) is 13.9. The number of carbonyl (C=O) groups excluding carboxylic acids is 2. The third kappa shape index (κ3) is 4.37. The molecule has 158 valence electrons. The maximum absolute atomic E-state index is 12.8. The van der Waals surface area contributed by atoms with Crippen LogP contribution in [0.1, 0.15) is 26.2 Å². The molecule has 1 saturated carbocycles. The molecule has 1 aliphatic carbocycles. The normalized spacial score (nSPS) is 26.7. The van der Waals surface area contributed by atoms with Gasteiger partial charge in [0.2, 0.25) is 5.91 Å². The molecule has 2 aliphatic heterocycles. The first kappa shape index (κ1) is 20.4. The average Bonchev–Trinajstić information content (AvgIpc) is 3.46. The molecule has 2 N–H and O–H groups in total. The predicted octanol–water partition coefficient (Wildman–Crippen LogP) is 2.25. The van der Waals surface area contributed by atoms with Gasteiger partial charge in [-0.1, -0.05) is 17.7 Å². The van der Waals surface area contributed by atoms with Gasteiger partial charge in [0, 0.05) is 43.4 Å². The van der Waals surface area contributed by atoms with Crippen LogP contribution in [0.3, 0.4) is 0 Å². The van der Waals surface area contributed by atoms with E-state index in [-0.39, 0.29) is 23.5 Å². The van der Waals surface area contributed by atoms with Gasteiger partial charge in [0.05, 0.1) is 6.10 Å². The predicted molar refractivity (Wildman–Crippen MR) is 112 cm³/mol. The highest BCUT2D eigenvalue weighted by Crippen LogP contribution is 2.53. The van der Waals surface area contributed by atoms with Crippen molar-refractivity contribution >= 4 is 29.2 Å². The molecule has 3 aliphatic rings. The number of piperidine rings is 1. The van der Waals surface area contributed by atoms with Crippen LogP contribution in [0.4, 0.5) is 10.5 Å². The summed E-state index contributed by atoms with van der Waals surface area (Å²) >= 11 is 5.97. The Morgan fingerprint density at radius 1 is 1.24 bits per heavy atom. The molecule has 0 aromatic heterocycles. The number of hydrogen-bond donors (Lipinski definition) is 2. The lowest BCUT2D eigenvalue weighted by atomic mass is 9.90. The van der Waals surface area contributed by atoms with Gasteiger partial charge >= 0.3 is 6.03 Å². The molecule has 1 aromatic rings. The molecule has 2 heterocycles. The van der Waals surface area contributed by atoms with Gasteiger partial charge in [0.15, 0.2) is 0 Å². The van der Waals surface area contributed by atoms with E-state index in [0.29, 0.717) is 36.9 Å². The monoisotopic (exact) mass is 420 g/mol. The first-order valence-electron chi connectivity index (χ1n) is 10.4.